The molecular formula is C12H18Cl2N2Ti-2. The molecule has 0 bridgehead atoms. The Balaban J connectivity index is 0.000000770. The molecule has 0 aliphatic rings. The minimum atomic E-state index is -0.556. The van der Waals surface area contributed by atoms with Crippen molar-refractivity contribution in [3.63, 3.8) is 0 Å². The van der Waals surface area contributed by atoms with Crippen molar-refractivity contribution in [3.05, 3.63) is 46.5 Å². The van der Waals surface area contributed by atoms with E-state index in [1.807, 2.05) is 20.2 Å². The molecule has 0 aromatic heterocycles. The summed E-state index contributed by atoms with van der Waals surface area (Å²) < 4.78 is 0. The average molecular weight is 309 g/mol. The molecule has 96 valence electrons. The second-order valence-corrected chi connectivity index (χ2v) is 6.53. The van der Waals surface area contributed by atoms with Gasteiger partial charge < -0.3 is 10.6 Å². The van der Waals surface area contributed by atoms with Gasteiger partial charge in [0.15, 0.2) is 0 Å². The standard InChI is InChI=1S/C12H18N2.2ClH.Ti/c1-12(9-13-2,10-14-3)11-7-5-4-6-8-11;;;/h4-8H,9-10H2,1-3H3;2*1H;/q-2;;;+2/p-2. The van der Waals surface area contributed by atoms with E-state index in [1.165, 1.54) is 5.56 Å². The summed E-state index contributed by atoms with van der Waals surface area (Å²) in [6.07, 6.45) is 0. The molecule has 0 unspecified atom stereocenters. The van der Waals surface area contributed by atoms with Crippen LogP contribution in [0.25, 0.3) is 10.6 Å². The summed E-state index contributed by atoms with van der Waals surface area (Å²) in [5, 5.41) is 8.49. The van der Waals surface area contributed by atoms with E-state index >= 15 is 0 Å². The minimum absolute atomic E-state index is 0.0603. The molecular weight excluding hydrogens is 291 g/mol. The molecule has 0 heterocycles. The fourth-order valence-electron chi connectivity index (χ4n) is 1.77. The Kier molecular flexibility index (Phi) is 10.6. The molecule has 0 radical (unpaired) electrons. The summed E-state index contributed by atoms with van der Waals surface area (Å²) in [5.74, 6) is 0. The van der Waals surface area contributed by atoms with Gasteiger partial charge in [0.1, 0.15) is 0 Å². The summed E-state index contributed by atoms with van der Waals surface area (Å²) in [4.78, 5) is 0. The van der Waals surface area contributed by atoms with Crippen LogP contribution in [0.1, 0.15) is 12.5 Å². The number of likely N-dealkylation sites (N-methyl/N-ethyl adjacent to an activating group) is 2. The number of hydrogen-bond donors (Lipinski definition) is 0. The second-order valence-electron chi connectivity index (χ2n) is 3.95. The normalized spacial score (nSPS) is 10.4. The van der Waals surface area contributed by atoms with Crippen LogP contribution in [0.4, 0.5) is 0 Å². The summed E-state index contributed by atoms with van der Waals surface area (Å²) in [7, 11) is 13.5. The van der Waals surface area contributed by atoms with Gasteiger partial charge >= 0.3 is 35.6 Å². The van der Waals surface area contributed by atoms with Gasteiger partial charge in [-0.05, 0) is 11.0 Å². The summed E-state index contributed by atoms with van der Waals surface area (Å²) in [6.45, 7) is 3.87. The number of halogens is 2. The molecule has 0 aliphatic carbocycles. The van der Waals surface area contributed by atoms with Crippen molar-refractivity contribution in [2.24, 2.45) is 0 Å². The number of rotatable bonds is 5. The van der Waals surface area contributed by atoms with Crippen molar-refractivity contribution in [2.45, 2.75) is 12.3 Å². The van der Waals surface area contributed by atoms with Gasteiger partial charge in [0, 0.05) is 0 Å². The third-order valence-corrected chi connectivity index (χ3v) is 2.48. The third-order valence-electron chi connectivity index (χ3n) is 2.48. The van der Waals surface area contributed by atoms with E-state index in [2.05, 4.69) is 41.8 Å². The van der Waals surface area contributed by atoms with Gasteiger partial charge in [-0.3, -0.25) is 0 Å². The zero-order valence-electron chi connectivity index (χ0n) is 10.5. The maximum atomic E-state index is 4.89. The van der Waals surface area contributed by atoms with Crippen LogP contribution in [0.15, 0.2) is 30.3 Å². The molecule has 0 amide bonds. The Morgan fingerprint density at radius 1 is 1.06 bits per heavy atom. The van der Waals surface area contributed by atoms with E-state index in [-0.39, 0.29) is 5.41 Å². The maximum absolute atomic E-state index is 4.89. The van der Waals surface area contributed by atoms with Gasteiger partial charge in [-0.2, -0.15) is 14.1 Å². The zero-order chi connectivity index (χ0) is 13.1. The predicted octanol–water partition coefficient (Wildman–Crippen LogP) is 4.33. The second kappa shape index (κ2) is 10.4. The van der Waals surface area contributed by atoms with E-state index in [0.717, 1.165) is 13.1 Å². The first-order chi connectivity index (χ1) is 8.14. The molecule has 0 saturated carbocycles. The van der Waals surface area contributed by atoms with Gasteiger partial charge in [0.2, 0.25) is 0 Å². The van der Waals surface area contributed by atoms with Crippen LogP contribution >= 0.6 is 18.6 Å². The van der Waals surface area contributed by atoms with Crippen molar-refractivity contribution in [1.29, 1.82) is 0 Å². The first-order valence-corrected chi connectivity index (χ1v) is 9.57. The SMILES string of the molecule is C[N-]CC(C)(C[N-]C)c1ccccc1.[Cl][Ti][Cl]. The van der Waals surface area contributed by atoms with Crippen molar-refractivity contribution in [3.8, 4) is 0 Å². The quantitative estimate of drug-likeness (QED) is 0.724. The molecule has 0 atom stereocenters. The van der Waals surface area contributed by atoms with Crippen molar-refractivity contribution in [1.82, 2.24) is 0 Å². The number of hydrogen-bond acceptors (Lipinski definition) is 0. The molecule has 0 saturated heterocycles. The van der Waals surface area contributed by atoms with Gasteiger partial charge in [-0.15, -0.1) is 13.1 Å². The molecule has 1 aromatic carbocycles. The van der Waals surface area contributed by atoms with Crippen LogP contribution in [-0.2, 0) is 22.4 Å². The Hall–Kier alpha value is 0.434. The van der Waals surface area contributed by atoms with Crippen LogP contribution in [0.3, 0.4) is 0 Å². The van der Waals surface area contributed by atoms with E-state index in [9.17, 15) is 0 Å². The molecule has 1 aromatic rings. The number of nitrogens with zero attached hydrogens (tertiary/aromatic N) is 2. The van der Waals surface area contributed by atoms with E-state index in [0.29, 0.717) is 0 Å². The van der Waals surface area contributed by atoms with Crippen LogP contribution in [0, 0.1) is 0 Å². The van der Waals surface area contributed by atoms with Crippen LogP contribution < -0.4 is 0 Å². The van der Waals surface area contributed by atoms with Gasteiger partial charge in [-0.1, -0.05) is 37.3 Å². The molecule has 0 aliphatic heterocycles. The first-order valence-electron chi connectivity index (χ1n) is 5.27. The van der Waals surface area contributed by atoms with Gasteiger partial charge in [-0.25, -0.2) is 0 Å². The topological polar surface area (TPSA) is 28.2 Å². The molecule has 2 nitrogen and oxygen atoms in total. The van der Waals surface area contributed by atoms with Crippen molar-refractivity contribution >= 4 is 18.6 Å². The first kappa shape index (κ1) is 17.4. The Morgan fingerprint density at radius 2 is 1.47 bits per heavy atom. The molecule has 0 N–H and O–H groups in total. The molecule has 1 rings (SSSR count). The van der Waals surface area contributed by atoms with Gasteiger partial charge in [0.25, 0.3) is 0 Å². The van der Waals surface area contributed by atoms with Gasteiger partial charge in [0.05, 0.1) is 0 Å². The Morgan fingerprint density at radius 3 is 1.82 bits per heavy atom. The third kappa shape index (κ3) is 6.80. The molecule has 5 heteroatoms. The van der Waals surface area contributed by atoms with Crippen LogP contribution in [0.2, 0.25) is 0 Å². The molecule has 0 spiro atoms. The van der Waals surface area contributed by atoms with E-state index in [1.54, 1.807) is 0 Å². The van der Waals surface area contributed by atoms with E-state index in [4.69, 9.17) is 18.6 Å². The predicted molar refractivity (Wildman–Crippen MR) is 73.8 cm³/mol. The fourth-order valence-corrected chi connectivity index (χ4v) is 1.77. The Bertz CT molecular complexity index is 277. The average Bonchev–Trinajstić information content (AvgIpc) is 2.32. The molecule has 0 fully saturated rings. The molecule has 17 heavy (non-hydrogen) atoms. The fraction of sp³-hybridized carbons (Fsp3) is 0.500. The summed E-state index contributed by atoms with van der Waals surface area (Å²) in [6, 6.07) is 10.5. The number of benzene rings is 1. The van der Waals surface area contributed by atoms with Crippen LogP contribution in [0.5, 0.6) is 0 Å². The summed E-state index contributed by atoms with van der Waals surface area (Å²) >= 11 is -0.556. The summed E-state index contributed by atoms with van der Waals surface area (Å²) in [5.41, 5.74) is 1.38. The zero-order valence-corrected chi connectivity index (χ0v) is 13.5. The van der Waals surface area contributed by atoms with Crippen LogP contribution in [-0.4, -0.2) is 27.2 Å². The Labute approximate surface area is 121 Å². The van der Waals surface area contributed by atoms with Crippen molar-refractivity contribution in [2.75, 3.05) is 27.2 Å². The van der Waals surface area contributed by atoms with Crippen molar-refractivity contribution < 1.29 is 17.0 Å². The van der Waals surface area contributed by atoms with E-state index < -0.39 is 17.0 Å². The monoisotopic (exact) mass is 308 g/mol.